The minimum Gasteiger partial charge on any atom is -0.480 e. The first-order valence-corrected chi connectivity index (χ1v) is 12.7. The Morgan fingerprint density at radius 2 is 1.54 bits per heavy atom. The summed E-state index contributed by atoms with van der Waals surface area (Å²) in [5.74, 6) is -1.55. The lowest BCUT2D eigenvalue weighted by Gasteiger charge is -2.31. The Labute approximate surface area is 205 Å². The summed E-state index contributed by atoms with van der Waals surface area (Å²) in [6, 6.07) is 15.3. The molecule has 2 N–H and O–H groups in total. The number of nitrogens with one attached hydrogen (secondary N) is 1. The first-order valence-electron chi connectivity index (χ1n) is 12.7. The molecule has 0 radical (unpaired) electrons. The predicted molar refractivity (Wildman–Crippen MR) is 131 cm³/mol. The highest BCUT2D eigenvalue weighted by Gasteiger charge is 2.40. The standard InChI is InChI=1S/C28H32N2O5/c31-26(30-16-8-15-25(30)27(32)33)22-13-2-1-3-14-24(22)29-28(34)35-17-23-20-11-6-4-9-18(20)19-10-5-7-12-21(19)23/h4-7,9-12,22-25H,1-3,8,13-17H2,(H,29,34)(H,32,33)/t22?,24?,25-/m0/s1. The van der Waals surface area contributed by atoms with Crippen LogP contribution in [-0.2, 0) is 14.3 Å². The zero-order valence-electron chi connectivity index (χ0n) is 19.8. The quantitative estimate of drug-likeness (QED) is 0.618. The molecule has 0 spiro atoms. The fourth-order valence-electron chi connectivity index (χ4n) is 6.07. The smallest absolute Gasteiger partial charge is 0.407 e. The summed E-state index contributed by atoms with van der Waals surface area (Å²) in [5.41, 5.74) is 4.64. The van der Waals surface area contributed by atoms with Crippen LogP contribution in [0.1, 0.15) is 62.0 Å². The van der Waals surface area contributed by atoms with Crippen LogP contribution in [0.4, 0.5) is 4.79 Å². The summed E-state index contributed by atoms with van der Waals surface area (Å²) >= 11 is 0. The van der Waals surface area contributed by atoms with E-state index < -0.39 is 24.0 Å². The Morgan fingerprint density at radius 3 is 2.23 bits per heavy atom. The second-order valence-electron chi connectivity index (χ2n) is 9.85. The number of aliphatic carboxylic acids is 1. The van der Waals surface area contributed by atoms with Crippen molar-refractivity contribution in [3.63, 3.8) is 0 Å². The van der Waals surface area contributed by atoms with Gasteiger partial charge < -0.3 is 20.1 Å². The topological polar surface area (TPSA) is 95.9 Å². The van der Waals surface area contributed by atoms with Gasteiger partial charge in [-0.05, 0) is 47.9 Å². The van der Waals surface area contributed by atoms with Crippen LogP contribution >= 0.6 is 0 Å². The van der Waals surface area contributed by atoms with Crippen molar-refractivity contribution in [1.82, 2.24) is 10.2 Å². The Morgan fingerprint density at radius 1 is 0.886 bits per heavy atom. The number of rotatable bonds is 5. The minimum atomic E-state index is -0.953. The summed E-state index contributed by atoms with van der Waals surface area (Å²) in [6.45, 7) is 0.683. The Bertz CT molecular complexity index is 1070. The number of amides is 2. The third-order valence-electron chi connectivity index (χ3n) is 7.80. The maximum atomic E-state index is 13.4. The maximum absolute atomic E-state index is 13.4. The Hall–Kier alpha value is -3.35. The van der Waals surface area contributed by atoms with E-state index in [-0.39, 0.29) is 24.5 Å². The lowest BCUT2D eigenvalue weighted by Crippen LogP contribution is -2.50. The van der Waals surface area contributed by atoms with Gasteiger partial charge >= 0.3 is 12.1 Å². The van der Waals surface area contributed by atoms with E-state index in [9.17, 15) is 19.5 Å². The van der Waals surface area contributed by atoms with Crippen LogP contribution in [0, 0.1) is 5.92 Å². The molecule has 3 aliphatic rings. The molecule has 2 aromatic rings. The van der Waals surface area contributed by atoms with Gasteiger partial charge in [0.2, 0.25) is 5.91 Å². The summed E-state index contributed by atoms with van der Waals surface area (Å²) in [7, 11) is 0. The maximum Gasteiger partial charge on any atom is 0.407 e. The number of ether oxygens (including phenoxy) is 1. The number of likely N-dealkylation sites (tertiary alicyclic amines) is 1. The number of alkyl carbamates (subject to hydrolysis) is 1. The van der Waals surface area contributed by atoms with Crippen molar-refractivity contribution >= 4 is 18.0 Å². The van der Waals surface area contributed by atoms with Gasteiger partial charge in [-0.15, -0.1) is 0 Å². The molecule has 3 atom stereocenters. The van der Waals surface area contributed by atoms with E-state index in [4.69, 9.17) is 4.74 Å². The van der Waals surface area contributed by atoms with E-state index in [2.05, 4.69) is 29.6 Å². The molecule has 2 amide bonds. The van der Waals surface area contributed by atoms with Crippen molar-refractivity contribution in [3.8, 4) is 11.1 Å². The average Bonchev–Trinajstić information content (AvgIpc) is 3.40. The molecule has 1 saturated carbocycles. The van der Waals surface area contributed by atoms with Crippen LogP contribution in [0.2, 0.25) is 0 Å². The van der Waals surface area contributed by atoms with E-state index in [0.717, 1.165) is 30.4 Å². The number of nitrogens with zero attached hydrogens (tertiary/aromatic N) is 1. The highest BCUT2D eigenvalue weighted by molar-refractivity contribution is 5.86. The van der Waals surface area contributed by atoms with Crippen molar-refractivity contribution < 1.29 is 24.2 Å². The molecule has 1 aliphatic heterocycles. The van der Waals surface area contributed by atoms with E-state index in [0.29, 0.717) is 32.2 Å². The monoisotopic (exact) mass is 476 g/mol. The fraction of sp³-hybridized carbons (Fsp3) is 0.464. The number of carbonyl (C=O) groups excluding carboxylic acids is 2. The van der Waals surface area contributed by atoms with Gasteiger partial charge in [-0.1, -0.05) is 67.8 Å². The summed E-state index contributed by atoms with van der Waals surface area (Å²) in [6.07, 6.45) is 4.80. The highest BCUT2D eigenvalue weighted by atomic mass is 16.5. The molecular weight excluding hydrogens is 444 g/mol. The van der Waals surface area contributed by atoms with Crippen molar-refractivity contribution in [2.75, 3.05) is 13.2 Å². The van der Waals surface area contributed by atoms with E-state index >= 15 is 0 Å². The zero-order valence-corrected chi connectivity index (χ0v) is 19.8. The summed E-state index contributed by atoms with van der Waals surface area (Å²) in [5, 5.41) is 12.5. The normalized spacial score (nSPS) is 23.8. The number of carboxylic acids is 1. The van der Waals surface area contributed by atoms with Gasteiger partial charge in [0.25, 0.3) is 0 Å². The van der Waals surface area contributed by atoms with Crippen molar-refractivity contribution in [2.45, 2.75) is 62.9 Å². The van der Waals surface area contributed by atoms with Gasteiger partial charge in [0, 0.05) is 18.5 Å². The second kappa shape index (κ2) is 10.1. The third kappa shape index (κ3) is 4.64. The van der Waals surface area contributed by atoms with E-state index in [1.54, 1.807) is 0 Å². The number of fused-ring (bicyclic) bond motifs is 3. The zero-order chi connectivity index (χ0) is 24.4. The van der Waals surface area contributed by atoms with Crippen LogP contribution in [0.5, 0.6) is 0 Å². The fourth-order valence-corrected chi connectivity index (χ4v) is 6.07. The van der Waals surface area contributed by atoms with Gasteiger partial charge in [-0.3, -0.25) is 4.79 Å². The molecule has 7 nitrogen and oxygen atoms in total. The van der Waals surface area contributed by atoms with Gasteiger partial charge in [0.1, 0.15) is 12.6 Å². The molecule has 2 aliphatic carbocycles. The molecule has 1 saturated heterocycles. The SMILES string of the molecule is O=C(NC1CCCCCC1C(=O)N1CCC[C@H]1C(=O)O)OCC1c2ccccc2-c2ccccc21. The summed E-state index contributed by atoms with van der Waals surface area (Å²) < 4.78 is 5.73. The number of hydrogen-bond donors (Lipinski definition) is 2. The van der Waals surface area contributed by atoms with Crippen molar-refractivity contribution in [2.24, 2.45) is 5.92 Å². The van der Waals surface area contributed by atoms with Crippen LogP contribution < -0.4 is 5.32 Å². The molecule has 5 rings (SSSR count). The van der Waals surface area contributed by atoms with Crippen molar-refractivity contribution in [3.05, 3.63) is 59.7 Å². The van der Waals surface area contributed by atoms with Crippen LogP contribution in [0.15, 0.2) is 48.5 Å². The highest BCUT2D eigenvalue weighted by Crippen LogP contribution is 2.44. The second-order valence-corrected chi connectivity index (χ2v) is 9.85. The molecular formula is C28H32N2O5. The lowest BCUT2D eigenvalue weighted by atomic mass is 9.93. The minimum absolute atomic E-state index is 0.0272. The summed E-state index contributed by atoms with van der Waals surface area (Å²) in [4.78, 5) is 39.4. The van der Waals surface area contributed by atoms with Gasteiger partial charge in [0.05, 0.1) is 5.92 Å². The Kier molecular flexibility index (Phi) is 6.75. The Balaban J connectivity index is 1.26. The molecule has 35 heavy (non-hydrogen) atoms. The molecule has 0 bridgehead atoms. The number of carbonyl (C=O) groups is 3. The molecule has 184 valence electrons. The van der Waals surface area contributed by atoms with Crippen LogP contribution in [0.25, 0.3) is 11.1 Å². The predicted octanol–water partition coefficient (Wildman–Crippen LogP) is 4.55. The van der Waals surface area contributed by atoms with Crippen LogP contribution in [0.3, 0.4) is 0 Å². The van der Waals surface area contributed by atoms with Gasteiger partial charge in [-0.25, -0.2) is 9.59 Å². The number of benzene rings is 2. The van der Waals surface area contributed by atoms with Crippen molar-refractivity contribution in [1.29, 1.82) is 0 Å². The van der Waals surface area contributed by atoms with Crippen LogP contribution in [-0.4, -0.2) is 53.2 Å². The molecule has 0 aromatic heterocycles. The van der Waals surface area contributed by atoms with Gasteiger partial charge in [0.15, 0.2) is 0 Å². The molecule has 2 unspecified atom stereocenters. The molecule has 7 heteroatoms. The van der Waals surface area contributed by atoms with E-state index in [1.807, 2.05) is 24.3 Å². The largest absolute Gasteiger partial charge is 0.480 e. The molecule has 2 aromatic carbocycles. The number of carboxylic acid groups (broad SMARTS) is 1. The van der Waals surface area contributed by atoms with Gasteiger partial charge in [-0.2, -0.15) is 0 Å². The first-order chi connectivity index (χ1) is 17.0. The number of hydrogen-bond acceptors (Lipinski definition) is 4. The lowest BCUT2D eigenvalue weighted by molar-refractivity contribution is -0.150. The third-order valence-corrected chi connectivity index (χ3v) is 7.80. The first kappa shape index (κ1) is 23.4. The molecule has 2 fully saturated rings. The van der Waals surface area contributed by atoms with E-state index in [1.165, 1.54) is 16.0 Å². The average molecular weight is 477 g/mol. The molecule has 1 heterocycles.